The van der Waals surface area contributed by atoms with Crippen LogP contribution in [0.3, 0.4) is 0 Å². The summed E-state index contributed by atoms with van der Waals surface area (Å²) in [6, 6.07) is 5.29. The molecule has 3 aromatic rings. The lowest BCUT2D eigenvalue weighted by Gasteiger charge is -2.12. The molecule has 0 atom stereocenters. The zero-order chi connectivity index (χ0) is 22.2. The quantitative estimate of drug-likeness (QED) is 0.518. The second-order valence-electron chi connectivity index (χ2n) is 5.76. The number of aromatic nitrogens is 3. The summed E-state index contributed by atoms with van der Waals surface area (Å²) >= 11 is 8.95. The van der Waals surface area contributed by atoms with E-state index in [0.29, 0.717) is 10.7 Å². The number of alkyl halides is 3. The number of anilines is 1. The summed E-state index contributed by atoms with van der Waals surface area (Å²) in [5.74, 6) is -3.57. The second-order valence-corrected chi connectivity index (χ2v) is 7.08. The van der Waals surface area contributed by atoms with Crippen molar-refractivity contribution >= 4 is 45.0 Å². The number of carbonyl (C=O) groups is 2. The first-order chi connectivity index (χ1) is 14.0. The molecule has 0 bridgehead atoms. The van der Waals surface area contributed by atoms with Gasteiger partial charge in [0.25, 0.3) is 11.8 Å². The molecule has 0 spiro atoms. The van der Waals surface area contributed by atoms with E-state index < -0.39 is 46.4 Å². The number of nitrogens with zero attached hydrogens (tertiary/aromatic N) is 3. The molecule has 7 nitrogen and oxygen atoms in total. The van der Waals surface area contributed by atoms with Crippen molar-refractivity contribution in [2.45, 2.75) is 6.18 Å². The Morgan fingerprint density at radius 1 is 1.23 bits per heavy atom. The number of hydrogen-bond donors (Lipinski definition) is 2. The van der Waals surface area contributed by atoms with E-state index in [-0.39, 0.29) is 15.3 Å². The summed E-state index contributed by atoms with van der Waals surface area (Å²) in [6.07, 6.45) is -3.65. The highest BCUT2D eigenvalue weighted by Crippen LogP contribution is 2.31. The van der Waals surface area contributed by atoms with Crippen LogP contribution in [0, 0.1) is 5.82 Å². The van der Waals surface area contributed by atoms with Crippen LogP contribution in [-0.2, 0) is 6.18 Å². The van der Waals surface area contributed by atoms with Crippen LogP contribution >= 0.6 is 27.5 Å². The SMILES string of the molecule is NC(=O)c1cc(Br)cc(F)c1NC(=O)c1cc(C(F)(F)F)nn1-c1ncccc1Cl. The molecule has 3 N–H and O–H groups in total. The van der Waals surface area contributed by atoms with E-state index in [1.54, 1.807) is 0 Å². The lowest BCUT2D eigenvalue weighted by Crippen LogP contribution is -2.22. The lowest BCUT2D eigenvalue weighted by molar-refractivity contribution is -0.141. The molecule has 0 unspecified atom stereocenters. The molecule has 1 aromatic carbocycles. The van der Waals surface area contributed by atoms with E-state index in [2.05, 4.69) is 31.3 Å². The van der Waals surface area contributed by atoms with Crippen molar-refractivity contribution in [1.29, 1.82) is 0 Å². The fourth-order valence-electron chi connectivity index (χ4n) is 2.45. The van der Waals surface area contributed by atoms with Gasteiger partial charge in [-0.3, -0.25) is 9.59 Å². The van der Waals surface area contributed by atoms with Gasteiger partial charge in [0.2, 0.25) is 0 Å². The molecule has 0 aliphatic heterocycles. The maximum Gasteiger partial charge on any atom is 0.435 e. The van der Waals surface area contributed by atoms with Crippen LogP contribution in [0.5, 0.6) is 0 Å². The van der Waals surface area contributed by atoms with Gasteiger partial charge in [-0.15, -0.1) is 0 Å². The highest BCUT2D eigenvalue weighted by atomic mass is 79.9. The Kier molecular flexibility index (Phi) is 5.81. The Labute approximate surface area is 179 Å². The topological polar surface area (TPSA) is 103 Å². The van der Waals surface area contributed by atoms with Gasteiger partial charge in [0.1, 0.15) is 11.5 Å². The monoisotopic (exact) mass is 505 g/mol. The zero-order valence-corrected chi connectivity index (χ0v) is 16.8. The van der Waals surface area contributed by atoms with Crippen molar-refractivity contribution in [2.24, 2.45) is 5.73 Å². The van der Waals surface area contributed by atoms with Gasteiger partial charge in [0.15, 0.2) is 11.5 Å². The molecule has 156 valence electrons. The average molecular weight is 507 g/mol. The third-order valence-electron chi connectivity index (χ3n) is 3.73. The highest BCUT2D eigenvalue weighted by Gasteiger charge is 2.37. The summed E-state index contributed by atoms with van der Waals surface area (Å²) in [5, 5.41) is 5.34. The summed E-state index contributed by atoms with van der Waals surface area (Å²) in [5.41, 5.74) is 2.14. The Morgan fingerprint density at radius 2 is 1.93 bits per heavy atom. The number of pyridine rings is 1. The van der Waals surface area contributed by atoms with Gasteiger partial charge >= 0.3 is 6.18 Å². The van der Waals surface area contributed by atoms with E-state index >= 15 is 0 Å². The van der Waals surface area contributed by atoms with Crippen LogP contribution < -0.4 is 11.1 Å². The smallest absolute Gasteiger partial charge is 0.366 e. The molecule has 2 amide bonds. The van der Waals surface area contributed by atoms with Crippen LogP contribution in [0.15, 0.2) is 41.0 Å². The maximum atomic E-state index is 14.3. The predicted molar refractivity (Wildman–Crippen MR) is 102 cm³/mol. The third-order valence-corrected chi connectivity index (χ3v) is 4.48. The highest BCUT2D eigenvalue weighted by molar-refractivity contribution is 9.10. The lowest BCUT2D eigenvalue weighted by atomic mass is 10.1. The summed E-state index contributed by atoms with van der Waals surface area (Å²) < 4.78 is 54.6. The first-order valence-electron chi connectivity index (χ1n) is 7.87. The first kappa shape index (κ1) is 21.7. The minimum atomic E-state index is -4.89. The molecule has 2 aromatic heterocycles. The normalized spacial score (nSPS) is 11.4. The van der Waals surface area contributed by atoms with Gasteiger partial charge in [-0.2, -0.15) is 18.3 Å². The minimum absolute atomic E-state index is 0.0870. The molecule has 3 rings (SSSR count). The van der Waals surface area contributed by atoms with Crippen LogP contribution in [0.2, 0.25) is 5.02 Å². The number of hydrogen-bond acceptors (Lipinski definition) is 4. The molecule has 0 radical (unpaired) electrons. The van der Waals surface area contributed by atoms with E-state index in [4.69, 9.17) is 17.3 Å². The molecular formula is C17H9BrClF4N5O2. The standard InChI is InChI=1S/C17H9BrClF4N5O2/c18-7-4-8(14(24)29)13(10(20)5-7)26-16(30)11-6-12(17(21,22)23)27-28(11)15-9(19)2-1-3-25-15/h1-6H,(H2,24,29)(H,26,30). The summed E-state index contributed by atoms with van der Waals surface area (Å²) in [4.78, 5) is 28.2. The van der Waals surface area contributed by atoms with Crippen LogP contribution in [0.4, 0.5) is 23.2 Å². The van der Waals surface area contributed by atoms with Crippen molar-refractivity contribution in [1.82, 2.24) is 14.8 Å². The number of nitrogens with two attached hydrogens (primary N) is 1. The summed E-state index contributed by atoms with van der Waals surface area (Å²) in [7, 11) is 0. The number of halogens is 6. The molecule has 13 heteroatoms. The Balaban J connectivity index is 2.13. The fourth-order valence-corrected chi connectivity index (χ4v) is 3.08. The Hall–Kier alpha value is -2.99. The predicted octanol–water partition coefficient (Wildman–Crippen LogP) is 4.19. The fraction of sp³-hybridized carbons (Fsp3) is 0.0588. The Morgan fingerprint density at radius 3 is 2.53 bits per heavy atom. The van der Waals surface area contributed by atoms with Crippen LogP contribution in [0.1, 0.15) is 26.5 Å². The van der Waals surface area contributed by atoms with E-state index in [9.17, 15) is 27.2 Å². The van der Waals surface area contributed by atoms with Crippen molar-refractivity contribution in [3.63, 3.8) is 0 Å². The molecule has 0 saturated carbocycles. The molecule has 0 aliphatic rings. The number of rotatable bonds is 4. The number of carbonyl (C=O) groups excluding carboxylic acids is 2. The number of nitrogens with one attached hydrogen (secondary N) is 1. The molecule has 30 heavy (non-hydrogen) atoms. The van der Waals surface area contributed by atoms with Crippen LogP contribution in [0.25, 0.3) is 5.82 Å². The Bertz CT molecular complexity index is 1170. The average Bonchev–Trinajstić information content (AvgIpc) is 3.09. The van der Waals surface area contributed by atoms with Gasteiger partial charge in [-0.1, -0.05) is 27.5 Å². The van der Waals surface area contributed by atoms with Gasteiger partial charge in [0.05, 0.1) is 16.3 Å². The van der Waals surface area contributed by atoms with Gasteiger partial charge < -0.3 is 11.1 Å². The van der Waals surface area contributed by atoms with Crippen molar-refractivity contribution in [3.05, 3.63) is 68.8 Å². The molecular weight excluding hydrogens is 498 g/mol. The van der Waals surface area contributed by atoms with Crippen molar-refractivity contribution in [2.75, 3.05) is 5.32 Å². The zero-order valence-electron chi connectivity index (χ0n) is 14.5. The number of amides is 2. The van der Waals surface area contributed by atoms with Gasteiger partial charge in [0, 0.05) is 16.7 Å². The molecule has 2 heterocycles. The van der Waals surface area contributed by atoms with Crippen LogP contribution in [-0.4, -0.2) is 26.6 Å². The van der Waals surface area contributed by atoms with Crippen molar-refractivity contribution in [3.8, 4) is 5.82 Å². The van der Waals surface area contributed by atoms with E-state index in [1.807, 2.05) is 0 Å². The molecule has 0 aliphatic carbocycles. The van der Waals surface area contributed by atoms with Gasteiger partial charge in [-0.05, 0) is 24.3 Å². The largest absolute Gasteiger partial charge is 0.435 e. The number of primary amides is 1. The van der Waals surface area contributed by atoms with E-state index in [1.165, 1.54) is 18.3 Å². The molecule has 0 fully saturated rings. The minimum Gasteiger partial charge on any atom is -0.366 e. The number of benzene rings is 1. The van der Waals surface area contributed by atoms with E-state index in [0.717, 1.165) is 12.1 Å². The summed E-state index contributed by atoms with van der Waals surface area (Å²) in [6.45, 7) is 0. The first-order valence-corrected chi connectivity index (χ1v) is 9.04. The third kappa shape index (κ3) is 4.28. The maximum absolute atomic E-state index is 14.3. The van der Waals surface area contributed by atoms with Crippen molar-refractivity contribution < 1.29 is 27.2 Å². The van der Waals surface area contributed by atoms with Gasteiger partial charge in [-0.25, -0.2) is 14.1 Å². The molecule has 0 saturated heterocycles. The second kappa shape index (κ2) is 8.03.